The Hall–Kier alpha value is -2.42. The summed E-state index contributed by atoms with van der Waals surface area (Å²) in [6, 6.07) is 14.9. The van der Waals surface area contributed by atoms with Gasteiger partial charge in [-0.2, -0.15) is 0 Å². The number of hydrogen-bond acceptors (Lipinski definition) is 2. The summed E-state index contributed by atoms with van der Waals surface area (Å²) in [6.45, 7) is 1.22. The molecule has 142 valence electrons. The summed E-state index contributed by atoms with van der Waals surface area (Å²) in [4.78, 5) is 8.33. The van der Waals surface area contributed by atoms with Gasteiger partial charge in [0.05, 0.1) is 12.0 Å². The Labute approximate surface area is 175 Å². The number of imidazole rings is 1. The third-order valence-electron chi connectivity index (χ3n) is 4.09. The monoisotopic (exact) mass is 479 g/mol. The molecule has 0 spiro atoms. The fraction of sp³-hybridized carbons (Fsp3) is 0.200. The van der Waals surface area contributed by atoms with Gasteiger partial charge in [-0.25, -0.2) is 9.37 Å². The summed E-state index contributed by atoms with van der Waals surface area (Å²) in [5.74, 6) is 0.508. The maximum absolute atomic E-state index is 13.7. The topological polar surface area (TPSA) is 54.2 Å². The first-order chi connectivity index (χ1) is 12.8. The second kappa shape index (κ2) is 10.7. The van der Waals surface area contributed by atoms with Crippen molar-refractivity contribution in [2.75, 3.05) is 13.6 Å². The molecule has 1 heterocycles. The molecule has 0 aliphatic heterocycles. The maximum Gasteiger partial charge on any atom is 0.191 e. The van der Waals surface area contributed by atoms with E-state index in [0.29, 0.717) is 31.0 Å². The second-order valence-corrected chi connectivity index (χ2v) is 5.79. The smallest absolute Gasteiger partial charge is 0.191 e. The molecule has 3 aromatic rings. The highest BCUT2D eigenvalue weighted by Crippen LogP contribution is 2.13. The molecule has 0 bridgehead atoms. The molecule has 0 radical (unpaired) electrons. The number of nitrogens with zero attached hydrogens (tertiary/aromatic N) is 3. The third kappa shape index (κ3) is 5.78. The normalized spacial score (nSPS) is 11.0. The molecule has 0 saturated carbocycles. The van der Waals surface area contributed by atoms with Crippen molar-refractivity contribution in [3.05, 3.63) is 84.2 Å². The molecular weight excluding hydrogens is 456 g/mol. The lowest BCUT2D eigenvalue weighted by Gasteiger charge is -2.14. The number of para-hydroxylation sites is 1. The molecule has 27 heavy (non-hydrogen) atoms. The van der Waals surface area contributed by atoms with Crippen LogP contribution >= 0.6 is 24.0 Å². The Morgan fingerprint density at radius 1 is 1.07 bits per heavy atom. The number of aromatic nitrogens is 2. The first-order valence-corrected chi connectivity index (χ1v) is 8.52. The Morgan fingerprint density at radius 2 is 1.81 bits per heavy atom. The van der Waals surface area contributed by atoms with Crippen LogP contribution in [0.1, 0.15) is 11.1 Å². The molecule has 0 aliphatic rings. The van der Waals surface area contributed by atoms with E-state index in [1.165, 1.54) is 6.07 Å². The molecule has 0 fully saturated rings. The van der Waals surface area contributed by atoms with E-state index in [9.17, 15) is 4.39 Å². The van der Waals surface area contributed by atoms with E-state index in [-0.39, 0.29) is 29.8 Å². The molecule has 0 amide bonds. The van der Waals surface area contributed by atoms with Crippen LogP contribution in [-0.2, 0) is 13.0 Å². The summed E-state index contributed by atoms with van der Waals surface area (Å²) in [7, 11) is 1.72. The van der Waals surface area contributed by atoms with E-state index in [4.69, 9.17) is 0 Å². The average molecular weight is 479 g/mol. The van der Waals surface area contributed by atoms with Crippen LogP contribution in [0.4, 0.5) is 4.39 Å². The van der Waals surface area contributed by atoms with E-state index >= 15 is 0 Å². The minimum atomic E-state index is -0.175. The van der Waals surface area contributed by atoms with Crippen LogP contribution in [-0.4, -0.2) is 29.1 Å². The van der Waals surface area contributed by atoms with Crippen molar-refractivity contribution in [1.82, 2.24) is 20.2 Å². The Morgan fingerprint density at radius 3 is 2.52 bits per heavy atom. The maximum atomic E-state index is 13.7. The largest absolute Gasteiger partial charge is 0.356 e. The highest BCUT2D eigenvalue weighted by Gasteiger charge is 2.05. The fourth-order valence-corrected chi connectivity index (χ4v) is 2.73. The number of halogens is 2. The molecule has 0 saturated heterocycles. The van der Waals surface area contributed by atoms with E-state index in [0.717, 1.165) is 11.3 Å². The van der Waals surface area contributed by atoms with Crippen molar-refractivity contribution in [3.63, 3.8) is 0 Å². The SMILES string of the molecule is CN=C(NCCc1ccccc1F)NCc1ccccc1-n1ccnc1.I. The van der Waals surface area contributed by atoms with Gasteiger partial charge >= 0.3 is 0 Å². The van der Waals surface area contributed by atoms with Crippen molar-refractivity contribution >= 4 is 29.9 Å². The zero-order chi connectivity index (χ0) is 18.2. The minimum Gasteiger partial charge on any atom is -0.356 e. The van der Waals surface area contributed by atoms with Crippen LogP contribution in [0.25, 0.3) is 5.69 Å². The molecule has 2 N–H and O–H groups in total. The van der Waals surface area contributed by atoms with Gasteiger partial charge in [0.1, 0.15) is 5.82 Å². The predicted octanol–water partition coefficient (Wildman–Crippen LogP) is 3.54. The van der Waals surface area contributed by atoms with Crippen molar-refractivity contribution in [3.8, 4) is 5.69 Å². The lowest BCUT2D eigenvalue weighted by atomic mass is 10.1. The van der Waals surface area contributed by atoms with Gasteiger partial charge in [-0.05, 0) is 29.7 Å². The number of benzene rings is 2. The van der Waals surface area contributed by atoms with Crippen LogP contribution in [0, 0.1) is 5.82 Å². The van der Waals surface area contributed by atoms with E-state index in [1.807, 2.05) is 35.0 Å². The van der Waals surface area contributed by atoms with Gasteiger partial charge in [-0.1, -0.05) is 36.4 Å². The number of aliphatic imine (C=N–C) groups is 1. The highest BCUT2D eigenvalue weighted by atomic mass is 127. The fourth-order valence-electron chi connectivity index (χ4n) is 2.73. The molecule has 0 unspecified atom stereocenters. The number of guanidine groups is 1. The van der Waals surface area contributed by atoms with Gasteiger partial charge in [0.15, 0.2) is 5.96 Å². The highest BCUT2D eigenvalue weighted by molar-refractivity contribution is 14.0. The molecule has 5 nitrogen and oxygen atoms in total. The van der Waals surface area contributed by atoms with Crippen LogP contribution < -0.4 is 10.6 Å². The Kier molecular flexibility index (Phi) is 8.25. The zero-order valence-corrected chi connectivity index (χ0v) is 17.4. The number of rotatable bonds is 6. The van der Waals surface area contributed by atoms with Crippen molar-refractivity contribution in [1.29, 1.82) is 0 Å². The molecule has 0 atom stereocenters. The molecular formula is C20H23FIN5. The summed E-state index contributed by atoms with van der Waals surface area (Å²) >= 11 is 0. The zero-order valence-electron chi connectivity index (χ0n) is 15.1. The lowest BCUT2D eigenvalue weighted by molar-refractivity contribution is 0.606. The average Bonchev–Trinajstić information content (AvgIpc) is 3.21. The van der Waals surface area contributed by atoms with Gasteiger partial charge in [-0.3, -0.25) is 4.99 Å². The van der Waals surface area contributed by atoms with E-state index in [2.05, 4.69) is 26.7 Å². The van der Waals surface area contributed by atoms with Gasteiger partial charge < -0.3 is 15.2 Å². The summed E-state index contributed by atoms with van der Waals surface area (Å²) in [5, 5.41) is 6.52. The quantitative estimate of drug-likeness (QED) is 0.323. The van der Waals surface area contributed by atoms with Crippen LogP contribution in [0.2, 0.25) is 0 Å². The van der Waals surface area contributed by atoms with Gasteiger partial charge in [0.25, 0.3) is 0 Å². The summed E-state index contributed by atoms with van der Waals surface area (Å²) in [5.41, 5.74) is 2.89. The van der Waals surface area contributed by atoms with Crippen molar-refractivity contribution < 1.29 is 4.39 Å². The van der Waals surface area contributed by atoms with E-state index in [1.54, 1.807) is 31.7 Å². The van der Waals surface area contributed by atoms with Crippen LogP contribution in [0.3, 0.4) is 0 Å². The molecule has 3 rings (SSSR count). The first-order valence-electron chi connectivity index (χ1n) is 8.52. The second-order valence-electron chi connectivity index (χ2n) is 5.79. The van der Waals surface area contributed by atoms with Crippen molar-refractivity contribution in [2.24, 2.45) is 4.99 Å². The molecule has 0 aliphatic carbocycles. The molecule has 7 heteroatoms. The standard InChI is InChI=1S/C20H22FN5.HI/c1-22-20(24-11-10-16-6-2-4-8-18(16)21)25-14-17-7-3-5-9-19(17)26-13-12-23-15-26;/h2-9,12-13,15H,10-11,14H2,1H3,(H2,22,24,25);1H. The predicted molar refractivity (Wildman–Crippen MR) is 117 cm³/mol. The third-order valence-corrected chi connectivity index (χ3v) is 4.09. The van der Waals surface area contributed by atoms with Crippen LogP contribution in [0.15, 0.2) is 72.2 Å². The minimum absolute atomic E-state index is 0. The molecule has 2 aromatic carbocycles. The Bertz CT molecular complexity index is 864. The van der Waals surface area contributed by atoms with Gasteiger partial charge in [0.2, 0.25) is 0 Å². The molecule has 1 aromatic heterocycles. The lowest BCUT2D eigenvalue weighted by Crippen LogP contribution is -2.38. The van der Waals surface area contributed by atoms with E-state index < -0.39 is 0 Å². The summed E-state index contributed by atoms with van der Waals surface area (Å²) in [6.07, 6.45) is 6.05. The van der Waals surface area contributed by atoms with Crippen LogP contribution in [0.5, 0.6) is 0 Å². The Balaban J connectivity index is 0.00000261. The summed E-state index contributed by atoms with van der Waals surface area (Å²) < 4.78 is 15.6. The van der Waals surface area contributed by atoms with Gasteiger partial charge in [0, 0.05) is 32.5 Å². The van der Waals surface area contributed by atoms with Gasteiger partial charge in [-0.15, -0.1) is 24.0 Å². The number of hydrogen-bond donors (Lipinski definition) is 2. The first kappa shape index (κ1) is 20.9. The van der Waals surface area contributed by atoms with Crippen molar-refractivity contribution in [2.45, 2.75) is 13.0 Å². The number of nitrogens with one attached hydrogen (secondary N) is 2.